The van der Waals surface area contributed by atoms with E-state index in [-0.39, 0.29) is 0 Å². The Morgan fingerprint density at radius 2 is 2.11 bits per heavy atom. The minimum absolute atomic E-state index is 0.672. The maximum atomic E-state index is 5.46. The van der Waals surface area contributed by atoms with E-state index in [1.54, 1.807) is 0 Å². The van der Waals surface area contributed by atoms with Gasteiger partial charge in [-0.2, -0.15) is 0 Å². The first-order chi connectivity index (χ1) is 8.79. The second-order valence-electron chi connectivity index (χ2n) is 4.99. The van der Waals surface area contributed by atoms with Gasteiger partial charge in [0.15, 0.2) is 0 Å². The van der Waals surface area contributed by atoms with Gasteiger partial charge in [-0.15, -0.1) is 0 Å². The van der Waals surface area contributed by atoms with Crippen molar-refractivity contribution in [1.82, 2.24) is 10.2 Å². The second-order valence-corrected chi connectivity index (χ2v) is 4.99. The van der Waals surface area contributed by atoms with Crippen LogP contribution in [0.2, 0.25) is 0 Å². The molecule has 1 aliphatic heterocycles. The Kier molecular flexibility index (Phi) is 5.02. The van der Waals surface area contributed by atoms with Crippen molar-refractivity contribution in [1.29, 1.82) is 0 Å². The van der Waals surface area contributed by atoms with Gasteiger partial charge in [0.25, 0.3) is 0 Å². The molecule has 18 heavy (non-hydrogen) atoms. The first-order valence-electron chi connectivity index (χ1n) is 6.92. The van der Waals surface area contributed by atoms with Gasteiger partial charge in [-0.05, 0) is 51.1 Å². The largest absolute Gasteiger partial charge is 0.494 e. The van der Waals surface area contributed by atoms with Crippen molar-refractivity contribution in [3.8, 4) is 5.75 Å². The zero-order valence-electron chi connectivity index (χ0n) is 11.5. The molecule has 3 nitrogen and oxygen atoms in total. The molecule has 0 aromatic heterocycles. The average molecular weight is 248 g/mol. The Labute approximate surface area is 110 Å². The van der Waals surface area contributed by atoms with E-state index in [1.165, 1.54) is 24.9 Å². The van der Waals surface area contributed by atoms with Crippen molar-refractivity contribution in [2.75, 3.05) is 26.7 Å². The molecule has 1 saturated heterocycles. The Morgan fingerprint density at radius 3 is 2.72 bits per heavy atom. The van der Waals surface area contributed by atoms with Crippen LogP contribution in [0.1, 0.15) is 25.3 Å². The lowest BCUT2D eigenvalue weighted by Crippen LogP contribution is -2.43. The molecule has 0 aliphatic carbocycles. The lowest BCUT2D eigenvalue weighted by Gasteiger charge is -2.31. The van der Waals surface area contributed by atoms with Crippen LogP contribution in [-0.4, -0.2) is 37.7 Å². The summed E-state index contributed by atoms with van der Waals surface area (Å²) in [5.74, 6) is 0.961. The standard InChI is InChI=1S/C15H24N2O/c1-3-18-15-8-6-13(7-9-15)12-17(2)14-5-4-10-16-11-14/h6-9,14,16H,3-5,10-12H2,1-2H3. The number of likely N-dealkylation sites (N-methyl/N-ethyl adjacent to an activating group) is 1. The van der Waals surface area contributed by atoms with Gasteiger partial charge in [-0.25, -0.2) is 0 Å². The van der Waals surface area contributed by atoms with E-state index in [0.717, 1.165) is 25.4 Å². The predicted molar refractivity (Wildman–Crippen MR) is 75.0 cm³/mol. The van der Waals surface area contributed by atoms with E-state index in [4.69, 9.17) is 4.74 Å². The minimum atomic E-state index is 0.672. The summed E-state index contributed by atoms with van der Waals surface area (Å²) >= 11 is 0. The summed E-state index contributed by atoms with van der Waals surface area (Å²) in [5, 5.41) is 3.47. The van der Waals surface area contributed by atoms with Crippen molar-refractivity contribution >= 4 is 0 Å². The van der Waals surface area contributed by atoms with Crippen LogP contribution in [0.5, 0.6) is 5.75 Å². The van der Waals surface area contributed by atoms with E-state index in [9.17, 15) is 0 Å². The van der Waals surface area contributed by atoms with Crippen molar-refractivity contribution in [2.24, 2.45) is 0 Å². The lowest BCUT2D eigenvalue weighted by molar-refractivity contribution is 0.196. The third kappa shape index (κ3) is 3.72. The number of hydrogen-bond donors (Lipinski definition) is 1. The van der Waals surface area contributed by atoms with Crippen LogP contribution >= 0.6 is 0 Å². The smallest absolute Gasteiger partial charge is 0.119 e. The molecule has 3 heteroatoms. The van der Waals surface area contributed by atoms with E-state index in [1.807, 2.05) is 6.92 Å². The Bertz CT molecular complexity index is 344. The van der Waals surface area contributed by atoms with Crippen LogP contribution < -0.4 is 10.1 Å². The molecule has 1 aliphatic rings. The molecule has 2 rings (SSSR count). The SMILES string of the molecule is CCOc1ccc(CN(C)C2CCCNC2)cc1. The van der Waals surface area contributed by atoms with Crippen LogP contribution in [0, 0.1) is 0 Å². The highest BCUT2D eigenvalue weighted by Crippen LogP contribution is 2.16. The molecule has 0 saturated carbocycles. The Morgan fingerprint density at radius 1 is 1.33 bits per heavy atom. The average Bonchev–Trinajstić information content (AvgIpc) is 2.42. The first-order valence-corrected chi connectivity index (χ1v) is 6.92. The van der Waals surface area contributed by atoms with Crippen LogP contribution in [0.4, 0.5) is 0 Å². The number of hydrogen-bond acceptors (Lipinski definition) is 3. The molecule has 1 aromatic rings. The third-order valence-electron chi connectivity index (χ3n) is 3.56. The Hall–Kier alpha value is -1.06. The van der Waals surface area contributed by atoms with Gasteiger partial charge in [-0.1, -0.05) is 12.1 Å². The summed E-state index contributed by atoms with van der Waals surface area (Å²) < 4.78 is 5.46. The highest BCUT2D eigenvalue weighted by molar-refractivity contribution is 5.27. The maximum Gasteiger partial charge on any atom is 0.119 e. The summed E-state index contributed by atoms with van der Waals surface area (Å²) in [7, 11) is 2.22. The number of ether oxygens (including phenoxy) is 1. The number of nitrogens with one attached hydrogen (secondary N) is 1. The molecular formula is C15H24N2O. The van der Waals surface area contributed by atoms with Gasteiger partial charge < -0.3 is 10.1 Å². The molecule has 0 amide bonds. The molecule has 0 spiro atoms. The summed E-state index contributed by atoms with van der Waals surface area (Å²) in [4.78, 5) is 2.45. The third-order valence-corrected chi connectivity index (χ3v) is 3.56. The summed E-state index contributed by atoms with van der Waals surface area (Å²) in [6.07, 6.45) is 2.60. The van der Waals surface area contributed by atoms with Crippen LogP contribution in [0.15, 0.2) is 24.3 Å². The number of rotatable bonds is 5. The first kappa shape index (κ1) is 13.4. The van der Waals surface area contributed by atoms with Gasteiger partial charge in [-0.3, -0.25) is 4.90 Å². The van der Waals surface area contributed by atoms with E-state index in [0.29, 0.717) is 6.04 Å². The van der Waals surface area contributed by atoms with Crippen LogP contribution in [0.25, 0.3) is 0 Å². The van der Waals surface area contributed by atoms with E-state index >= 15 is 0 Å². The van der Waals surface area contributed by atoms with E-state index in [2.05, 4.69) is 41.5 Å². The van der Waals surface area contributed by atoms with Crippen molar-refractivity contribution in [3.05, 3.63) is 29.8 Å². The molecule has 1 N–H and O–H groups in total. The maximum absolute atomic E-state index is 5.46. The van der Waals surface area contributed by atoms with Gasteiger partial charge in [0, 0.05) is 19.1 Å². The topological polar surface area (TPSA) is 24.5 Å². The number of nitrogens with zero attached hydrogens (tertiary/aromatic N) is 1. The fraction of sp³-hybridized carbons (Fsp3) is 0.600. The quantitative estimate of drug-likeness (QED) is 0.865. The normalized spacial score (nSPS) is 20.1. The molecule has 1 aromatic carbocycles. The molecule has 0 bridgehead atoms. The van der Waals surface area contributed by atoms with Gasteiger partial charge in [0.2, 0.25) is 0 Å². The number of piperidine rings is 1. The molecule has 100 valence electrons. The molecular weight excluding hydrogens is 224 g/mol. The van der Waals surface area contributed by atoms with Crippen LogP contribution in [-0.2, 0) is 6.54 Å². The van der Waals surface area contributed by atoms with Crippen molar-refractivity contribution in [3.63, 3.8) is 0 Å². The fourth-order valence-electron chi connectivity index (χ4n) is 2.48. The summed E-state index contributed by atoms with van der Waals surface area (Å²) in [5.41, 5.74) is 1.35. The molecule has 0 radical (unpaired) electrons. The minimum Gasteiger partial charge on any atom is -0.494 e. The highest BCUT2D eigenvalue weighted by atomic mass is 16.5. The predicted octanol–water partition coefficient (Wildman–Crippen LogP) is 2.27. The van der Waals surface area contributed by atoms with E-state index < -0.39 is 0 Å². The summed E-state index contributed by atoms with van der Waals surface area (Å²) in [6, 6.07) is 9.12. The van der Waals surface area contributed by atoms with Gasteiger partial charge >= 0.3 is 0 Å². The molecule has 1 unspecified atom stereocenters. The van der Waals surface area contributed by atoms with Crippen molar-refractivity contribution in [2.45, 2.75) is 32.4 Å². The lowest BCUT2D eigenvalue weighted by atomic mass is 10.1. The highest BCUT2D eigenvalue weighted by Gasteiger charge is 2.17. The molecule has 1 heterocycles. The van der Waals surface area contributed by atoms with Gasteiger partial charge in [0.05, 0.1) is 6.61 Å². The van der Waals surface area contributed by atoms with Crippen molar-refractivity contribution < 1.29 is 4.74 Å². The van der Waals surface area contributed by atoms with Crippen LogP contribution in [0.3, 0.4) is 0 Å². The zero-order valence-corrected chi connectivity index (χ0v) is 11.5. The number of benzene rings is 1. The Balaban J connectivity index is 1.87. The second kappa shape index (κ2) is 6.76. The molecule has 1 fully saturated rings. The monoisotopic (exact) mass is 248 g/mol. The fourth-order valence-corrected chi connectivity index (χ4v) is 2.48. The zero-order chi connectivity index (χ0) is 12.8. The molecule has 1 atom stereocenters. The van der Waals surface area contributed by atoms with Gasteiger partial charge in [0.1, 0.15) is 5.75 Å². The summed E-state index contributed by atoms with van der Waals surface area (Å²) in [6.45, 7) is 6.05.